The lowest BCUT2D eigenvalue weighted by atomic mass is 9.96. The van der Waals surface area contributed by atoms with E-state index < -0.39 is 0 Å². The molecule has 0 spiro atoms. The lowest BCUT2D eigenvalue weighted by molar-refractivity contribution is -0.123. The van der Waals surface area contributed by atoms with E-state index in [0.29, 0.717) is 5.91 Å². The first-order valence-electron chi connectivity index (χ1n) is 6.37. The Hall–Kier alpha value is -1.06. The summed E-state index contributed by atoms with van der Waals surface area (Å²) in [5.74, 6) is 0.496. The number of carbonyl (C=O) groups excluding carboxylic acids is 1. The SMILES string of the molecule is Cc1ccc2c(c1)CCCN2C(=O)C1CNC1.Cl. The number of aryl methyl sites for hydroxylation is 2. The monoisotopic (exact) mass is 266 g/mol. The lowest BCUT2D eigenvalue weighted by Gasteiger charge is -2.35. The molecule has 1 fully saturated rings. The summed E-state index contributed by atoms with van der Waals surface area (Å²) >= 11 is 0. The van der Waals surface area contributed by atoms with Crippen molar-refractivity contribution in [1.29, 1.82) is 0 Å². The highest BCUT2D eigenvalue weighted by atomic mass is 35.5. The highest BCUT2D eigenvalue weighted by Crippen LogP contribution is 2.29. The van der Waals surface area contributed by atoms with Crippen LogP contribution < -0.4 is 10.2 Å². The summed E-state index contributed by atoms with van der Waals surface area (Å²) in [7, 11) is 0. The smallest absolute Gasteiger partial charge is 0.232 e. The molecule has 1 amide bonds. The van der Waals surface area contributed by atoms with E-state index in [9.17, 15) is 4.79 Å². The molecule has 1 aromatic carbocycles. The highest BCUT2D eigenvalue weighted by molar-refractivity contribution is 5.97. The molecule has 4 heteroatoms. The van der Waals surface area contributed by atoms with E-state index in [1.807, 2.05) is 4.90 Å². The average molecular weight is 267 g/mol. The van der Waals surface area contributed by atoms with Gasteiger partial charge in [-0.1, -0.05) is 17.7 Å². The standard InChI is InChI=1S/C14H18N2O.ClH/c1-10-4-5-13-11(7-10)3-2-6-16(13)14(17)12-8-15-9-12;/h4-5,7,12,15H,2-3,6,8-9H2,1H3;1H. The number of carbonyl (C=O) groups is 1. The fourth-order valence-electron chi connectivity index (χ4n) is 2.64. The van der Waals surface area contributed by atoms with Gasteiger partial charge in [0.05, 0.1) is 5.92 Å². The van der Waals surface area contributed by atoms with Crippen molar-refractivity contribution in [3.8, 4) is 0 Å². The van der Waals surface area contributed by atoms with Crippen molar-refractivity contribution in [3.05, 3.63) is 29.3 Å². The Morgan fingerprint density at radius 1 is 1.39 bits per heavy atom. The molecule has 0 aliphatic carbocycles. The van der Waals surface area contributed by atoms with Crippen LogP contribution in [0.3, 0.4) is 0 Å². The first-order chi connectivity index (χ1) is 8.25. The molecule has 0 bridgehead atoms. The number of nitrogens with zero attached hydrogens (tertiary/aromatic N) is 1. The van der Waals surface area contributed by atoms with Gasteiger partial charge < -0.3 is 10.2 Å². The Bertz CT molecular complexity index is 457. The van der Waals surface area contributed by atoms with Crippen molar-refractivity contribution in [2.75, 3.05) is 24.5 Å². The number of fused-ring (bicyclic) bond motifs is 1. The Labute approximate surface area is 114 Å². The lowest BCUT2D eigenvalue weighted by Crippen LogP contribution is -2.53. The van der Waals surface area contributed by atoms with Gasteiger partial charge in [0, 0.05) is 25.3 Å². The minimum atomic E-state index is 0. The third-order valence-corrected chi connectivity index (χ3v) is 3.75. The Balaban J connectivity index is 0.00000120. The fraction of sp³-hybridized carbons (Fsp3) is 0.500. The summed E-state index contributed by atoms with van der Waals surface area (Å²) in [5, 5.41) is 3.17. The summed E-state index contributed by atoms with van der Waals surface area (Å²) in [6, 6.07) is 6.42. The number of hydrogen-bond donors (Lipinski definition) is 1. The zero-order chi connectivity index (χ0) is 11.8. The predicted molar refractivity (Wildman–Crippen MR) is 75.5 cm³/mol. The molecule has 1 aromatic rings. The maximum Gasteiger partial charge on any atom is 0.232 e. The number of anilines is 1. The van der Waals surface area contributed by atoms with E-state index in [1.54, 1.807) is 0 Å². The number of halogens is 1. The molecule has 3 nitrogen and oxygen atoms in total. The molecule has 18 heavy (non-hydrogen) atoms. The Morgan fingerprint density at radius 3 is 2.83 bits per heavy atom. The number of nitrogens with one attached hydrogen (secondary N) is 1. The molecular weight excluding hydrogens is 248 g/mol. The number of rotatable bonds is 1. The molecule has 98 valence electrons. The zero-order valence-corrected chi connectivity index (χ0v) is 11.4. The van der Waals surface area contributed by atoms with Crippen molar-refractivity contribution in [2.24, 2.45) is 5.92 Å². The molecule has 1 N–H and O–H groups in total. The highest BCUT2D eigenvalue weighted by Gasteiger charge is 2.31. The molecule has 1 saturated heterocycles. The first-order valence-corrected chi connectivity index (χ1v) is 6.37. The number of benzene rings is 1. The summed E-state index contributed by atoms with van der Waals surface area (Å²) in [6.07, 6.45) is 2.19. The van der Waals surface area contributed by atoms with Crippen LogP contribution in [0.15, 0.2) is 18.2 Å². The van der Waals surface area contributed by atoms with Gasteiger partial charge in [-0.3, -0.25) is 4.79 Å². The molecule has 0 unspecified atom stereocenters. The molecule has 0 atom stereocenters. The second-order valence-electron chi connectivity index (χ2n) is 5.08. The van der Waals surface area contributed by atoms with Crippen molar-refractivity contribution in [1.82, 2.24) is 5.32 Å². The van der Waals surface area contributed by atoms with E-state index in [4.69, 9.17) is 0 Å². The summed E-state index contributed by atoms with van der Waals surface area (Å²) in [5.41, 5.74) is 3.75. The van der Waals surface area contributed by atoms with Gasteiger partial charge in [-0.05, 0) is 31.4 Å². The maximum atomic E-state index is 12.3. The molecule has 3 rings (SSSR count). The Morgan fingerprint density at radius 2 is 2.17 bits per heavy atom. The van der Waals surface area contributed by atoms with Crippen LogP contribution in [0.2, 0.25) is 0 Å². The van der Waals surface area contributed by atoms with E-state index in [-0.39, 0.29) is 18.3 Å². The molecule has 0 aromatic heterocycles. The molecule has 0 saturated carbocycles. The predicted octanol–water partition coefficient (Wildman–Crippen LogP) is 1.92. The van der Waals surface area contributed by atoms with E-state index in [2.05, 4.69) is 30.4 Å². The third-order valence-electron chi connectivity index (χ3n) is 3.75. The molecule has 2 aliphatic heterocycles. The van der Waals surface area contributed by atoms with Crippen LogP contribution in [0.25, 0.3) is 0 Å². The zero-order valence-electron chi connectivity index (χ0n) is 10.6. The van der Waals surface area contributed by atoms with Crippen molar-refractivity contribution >= 4 is 24.0 Å². The number of hydrogen-bond acceptors (Lipinski definition) is 2. The van der Waals surface area contributed by atoms with Gasteiger partial charge in [0.1, 0.15) is 0 Å². The van der Waals surface area contributed by atoms with E-state index in [1.165, 1.54) is 11.1 Å². The van der Waals surface area contributed by atoms with Crippen LogP contribution in [0.4, 0.5) is 5.69 Å². The normalized spacial score (nSPS) is 18.6. The van der Waals surface area contributed by atoms with Crippen LogP contribution >= 0.6 is 12.4 Å². The van der Waals surface area contributed by atoms with Gasteiger partial charge in [0.15, 0.2) is 0 Å². The summed E-state index contributed by atoms with van der Waals surface area (Å²) < 4.78 is 0. The van der Waals surface area contributed by atoms with Crippen LogP contribution in [0.5, 0.6) is 0 Å². The molecule has 0 radical (unpaired) electrons. The van der Waals surface area contributed by atoms with Crippen molar-refractivity contribution < 1.29 is 4.79 Å². The topological polar surface area (TPSA) is 32.3 Å². The maximum absolute atomic E-state index is 12.3. The summed E-state index contributed by atoms with van der Waals surface area (Å²) in [4.78, 5) is 14.3. The quantitative estimate of drug-likeness (QED) is 0.842. The second-order valence-corrected chi connectivity index (χ2v) is 5.08. The minimum absolute atomic E-state index is 0. The van der Waals surface area contributed by atoms with Gasteiger partial charge in [0.2, 0.25) is 5.91 Å². The van der Waals surface area contributed by atoms with Gasteiger partial charge in [-0.25, -0.2) is 0 Å². The molecule has 2 aliphatic rings. The second kappa shape index (κ2) is 5.29. The molecular formula is C14H19ClN2O. The summed E-state index contributed by atoms with van der Waals surface area (Å²) in [6.45, 7) is 4.68. The average Bonchev–Trinajstić information content (AvgIpc) is 2.25. The minimum Gasteiger partial charge on any atom is -0.315 e. The van der Waals surface area contributed by atoms with Crippen LogP contribution in [0, 0.1) is 12.8 Å². The third kappa shape index (κ3) is 2.25. The van der Waals surface area contributed by atoms with Gasteiger partial charge in [-0.15, -0.1) is 12.4 Å². The number of amides is 1. The van der Waals surface area contributed by atoms with Crippen LogP contribution in [-0.2, 0) is 11.2 Å². The van der Waals surface area contributed by atoms with Crippen LogP contribution in [0.1, 0.15) is 17.5 Å². The van der Waals surface area contributed by atoms with Crippen molar-refractivity contribution in [3.63, 3.8) is 0 Å². The van der Waals surface area contributed by atoms with E-state index in [0.717, 1.165) is 38.2 Å². The van der Waals surface area contributed by atoms with Gasteiger partial charge in [-0.2, -0.15) is 0 Å². The first kappa shape index (κ1) is 13.4. The van der Waals surface area contributed by atoms with Gasteiger partial charge in [0.25, 0.3) is 0 Å². The van der Waals surface area contributed by atoms with E-state index >= 15 is 0 Å². The van der Waals surface area contributed by atoms with Gasteiger partial charge >= 0.3 is 0 Å². The molecule has 2 heterocycles. The largest absolute Gasteiger partial charge is 0.315 e. The Kier molecular flexibility index (Phi) is 3.93. The fourth-order valence-corrected chi connectivity index (χ4v) is 2.64. The van der Waals surface area contributed by atoms with Crippen molar-refractivity contribution in [2.45, 2.75) is 19.8 Å². The van der Waals surface area contributed by atoms with Crippen LogP contribution in [-0.4, -0.2) is 25.5 Å².